The highest BCUT2D eigenvalue weighted by Gasteiger charge is 2.11. The van der Waals surface area contributed by atoms with Crippen LogP contribution in [-0.4, -0.2) is 20.7 Å². The first kappa shape index (κ1) is 15.7. The van der Waals surface area contributed by atoms with E-state index in [0.717, 1.165) is 14.9 Å². The number of benzene rings is 1. The molecule has 2 rings (SSSR count). The topological polar surface area (TPSA) is 52.2 Å². The van der Waals surface area contributed by atoms with Gasteiger partial charge < -0.3 is 0 Å². The molecular weight excluding hydrogens is 297 g/mol. The predicted molar refractivity (Wildman–Crippen MR) is 75.6 cm³/mol. The Hall–Kier alpha value is -2.64. The van der Waals surface area contributed by atoms with Crippen LogP contribution in [0.2, 0.25) is 0 Å². The van der Waals surface area contributed by atoms with Gasteiger partial charge in [-0.3, -0.25) is 0 Å². The number of hydrogen-bond donors (Lipinski definition) is 0. The first-order chi connectivity index (χ1) is 10.5. The minimum atomic E-state index is -2.38. The molecule has 8 heteroatoms. The Morgan fingerprint density at radius 3 is 2.59 bits per heavy atom. The molecule has 1 heterocycles. The fraction of sp³-hybridized carbons (Fsp3) is 0.214. The number of halogens is 3. The van der Waals surface area contributed by atoms with Crippen LogP contribution >= 0.6 is 0 Å². The van der Waals surface area contributed by atoms with E-state index in [2.05, 4.69) is 10.2 Å². The van der Waals surface area contributed by atoms with E-state index in [1.807, 2.05) is 18.2 Å². The quantitative estimate of drug-likeness (QED) is 0.797. The summed E-state index contributed by atoms with van der Waals surface area (Å²) in [5.41, 5.74) is 0.173. The Kier molecular flexibility index (Phi) is 4.92. The van der Waals surface area contributed by atoms with Gasteiger partial charge >= 0.3 is 11.8 Å². The van der Waals surface area contributed by atoms with Crippen molar-refractivity contribution in [3.63, 3.8) is 0 Å². The van der Waals surface area contributed by atoms with Crippen molar-refractivity contribution < 1.29 is 13.2 Å². The molecule has 22 heavy (non-hydrogen) atoms. The van der Waals surface area contributed by atoms with Crippen molar-refractivity contribution in [1.29, 1.82) is 0 Å². The van der Waals surface area contributed by atoms with Gasteiger partial charge in [-0.2, -0.15) is 23.7 Å². The van der Waals surface area contributed by atoms with Crippen molar-refractivity contribution in [2.75, 3.05) is 0 Å². The molecule has 0 fully saturated rings. The van der Waals surface area contributed by atoms with Crippen LogP contribution in [0.5, 0.6) is 0 Å². The zero-order valence-corrected chi connectivity index (χ0v) is 11.7. The maximum Gasteiger partial charge on any atom is 0.366 e. The fourth-order valence-electron chi connectivity index (χ4n) is 1.75. The van der Waals surface area contributed by atoms with Gasteiger partial charge in [-0.15, -0.1) is 0 Å². The molecule has 1 aromatic carbocycles. The number of rotatable bonds is 5. The third kappa shape index (κ3) is 3.72. The third-order valence-corrected chi connectivity index (χ3v) is 2.84. The lowest BCUT2D eigenvalue weighted by Gasteiger charge is -1.96. The van der Waals surface area contributed by atoms with Crippen molar-refractivity contribution in [2.45, 2.75) is 19.9 Å². The molecule has 1 aromatic heterocycles. The van der Waals surface area contributed by atoms with Gasteiger partial charge in [0.05, 0.1) is 12.8 Å². The Morgan fingerprint density at radius 2 is 1.95 bits per heavy atom. The highest BCUT2D eigenvalue weighted by molar-refractivity contribution is 5.79. The van der Waals surface area contributed by atoms with Crippen LogP contribution in [-0.2, 0) is 6.54 Å². The molecule has 0 bridgehead atoms. The molecular formula is C14H13F3N4O. The van der Waals surface area contributed by atoms with Crippen LogP contribution in [0, 0.1) is 6.92 Å². The highest BCUT2D eigenvalue weighted by atomic mass is 19.3. The summed E-state index contributed by atoms with van der Waals surface area (Å²) in [6.07, 6.45) is -1.50. The second-order valence-corrected chi connectivity index (χ2v) is 4.44. The van der Waals surface area contributed by atoms with Gasteiger partial charge in [0, 0.05) is 6.42 Å². The number of allylic oxidation sites excluding steroid dienone is 1. The first-order valence-corrected chi connectivity index (χ1v) is 6.44. The van der Waals surface area contributed by atoms with Gasteiger partial charge in [-0.25, -0.2) is 13.9 Å². The van der Waals surface area contributed by atoms with E-state index in [4.69, 9.17) is 0 Å². The lowest BCUT2D eigenvalue weighted by Crippen LogP contribution is -2.23. The van der Waals surface area contributed by atoms with E-state index in [1.165, 1.54) is 6.21 Å². The number of nitrogens with zero attached hydrogens (tertiary/aromatic N) is 4. The standard InChI is InChI=1S/C14H13F3N4O/c1-10-19-20(8-7-12(15)13(16)17)14(22)21(10)18-9-11-5-3-2-4-6-11/h2-6,9H,7-8H2,1H3/b18-9+. The molecule has 116 valence electrons. The summed E-state index contributed by atoms with van der Waals surface area (Å²) in [5.74, 6) is -1.27. The molecule has 5 nitrogen and oxygen atoms in total. The van der Waals surface area contributed by atoms with Crippen LogP contribution in [0.25, 0.3) is 0 Å². The van der Waals surface area contributed by atoms with Crippen molar-refractivity contribution in [2.24, 2.45) is 5.10 Å². The fourth-order valence-corrected chi connectivity index (χ4v) is 1.75. The Balaban J connectivity index is 2.19. The van der Waals surface area contributed by atoms with Gasteiger partial charge in [0.15, 0.2) is 11.7 Å². The molecule has 0 saturated carbocycles. The zero-order chi connectivity index (χ0) is 16.1. The number of aromatic nitrogens is 3. The maximum atomic E-state index is 12.8. The highest BCUT2D eigenvalue weighted by Crippen LogP contribution is 2.13. The van der Waals surface area contributed by atoms with E-state index in [0.29, 0.717) is 0 Å². The molecule has 0 N–H and O–H groups in total. The average molecular weight is 310 g/mol. The molecule has 0 aliphatic heterocycles. The average Bonchev–Trinajstić information content (AvgIpc) is 2.78. The van der Waals surface area contributed by atoms with Crippen LogP contribution in [0.4, 0.5) is 13.2 Å². The largest absolute Gasteiger partial charge is 0.366 e. The van der Waals surface area contributed by atoms with Gasteiger partial charge in [0.2, 0.25) is 0 Å². The smallest absolute Gasteiger partial charge is 0.244 e. The second kappa shape index (κ2) is 6.88. The van der Waals surface area contributed by atoms with Crippen LogP contribution < -0.4 is 5.69 Å². The van der Waals surface area contributed by atoms with E-state index in [-0.39, 0.29) is 12.4 Å². The Morgan fingerprint density at radius 1 is 1.27 bits per heavy atom. The monoisotopic (exact) mass is 310 g/mol. The van der Waals surface area contributed by atoms with Crippen LogP contribution in [0.1, 0.15) is 17.8 Å². The van der Waals surface area contributed by atoms with Crippen molar-refractivity contribution in [1.82, 2.24) is 14.5 Å². The van der Waals surface area contributed by atoms with E-state index in [9.17, 15) is 18.0 Å². The normalized spacial score (nSPS) is 11.1. The van der Waals surface area contributed by atoms with Gasteiger partial charge in [0.1, 0.15) is 0 Å². The second-order valence-electron chi connectivity index (χ2n) is 4.44. The molecule has 0 aliphatic carbocycles. The molecule has 0 amide bonds. The predicted octanol–water partition coefficient (Wildman–Crippen LogP) is 2.70. The summed E-state index contributed by atoms with van der Waals surface area (Å²) >= 11 is 0. The van der Waals surface area contributed by atoms with Crippen molar-refractivity contribution in [3.8, 4) is 0 Å². The van der Waals surface area contributed by atoms with Crippen LogP contribution in [0.15, 0.2) is 52.1 Å². The first-order valence-electron chi connectivity index (χ1n) is 6.44. The lowest BCUT2D eigenvalue weighted by atomic mass is 10.2. The number of hydrogen-bond acceptors (Lipinski definition) is 3. The minimum Gasteiger partial charge on any atom is -0.244 e. The summed E-state index contributed by atoms with van der Waals surface area (Å²) in [7, 11) is 0. The molecule has 0 aliphatic rings. The molecule has 2 aromatic rings. The molecule has 0 atom stereocenters. The van der Waals surface area contributed by atoms with Gasteiger partial charge in [-0.05, 0) is 12.5 Å². The van der Waals surface area contributed by atoms with Crippen molar-refractivity contribution in [3.05, 3.63) is 64.1 Å². The minimum absolute atomic E-state index is 0.280. The third-order valence-electron chi connectivity index (χ3n) is 2.84. The van der Waals surface area contributed by atoms with E-state index in [1.54, 1.807) is 19.1 Å². The lowest BCUT2D eigenvalue weighted by molar-refractivity contribution is 0.363. The van der Waals surface area contributed by atoms with Crippen LogP contribution in [0.3, 0.4) is 0 Å². The number of aryl methyl sites for hydroxylation is 2. The summed E-state index contributed by atoms with van der Waals surface area (Å²) < 4.78 is 38.7. The Bertz CT molecular complexity index is 758. The van der Waals surface area contributed by atoms with Crippen molar-refractivity contribution >= 4 is 6.21 Å². The molecule has 0 saturated heterocycles. The Labute approximate surface area is 124 Å². The zero-order valence-electron chi connectivity index (χ0n) is 11.7. The summed E-state index contributed by atoms with van der Waals surface area (Å²) in [5, 5.41) is 7.87. The van der Waals surface area contributed by atoms with Gasteiger partial charge in [0.25, 0.3) is 0 Å². The van der Waals surface area contributed by atoms with E-state index < -0.39 is 24.0 Å². The molecule has 0 unspecified atom stereocenters. The van der Waals surface area contributed by atoms with E-state index >= 15 is 0 Å². The summed E-state index contributed by atoms with van der Waals surface area (Å²) in [6, 6.07) is 9.10. The molecule has 0 radical (unpaired) electrons. The summed E-state index contributed by atoms with van der Waals surface area (Å²) in [6.45, 7) is 1.26. The SMILES string of the molecule is Cc1nn(CCC(F)=C(F)F)c(=O)n1/N=C/c1ccccc1. The summed E-state index contributed by atoms with van der Waals surface area (Å²) in [4.78, 5) is 12.0. The van der Waals surface area contributed by atoms with Gasteiger partial charge in [-0.1, -0.05) is 30.3 Å². The molecule has 0 spiro atoms. The maximum absolute atomic E-state index is 12.8.